The molecule has 2 N–H and O–H groups in total. The third-order valence-corrected chi connectivity index (χ3v) is 2.32. The summed E-state index contributed by atoms with van der Waals surface area (Å²) in [6.07, 6.45) is -1.06. The molecule has 94 valence electrons. The van der Waals surface area contributed by atoms with Gasteiger partial charge in [0.15, 0.2) is 6.10 Å². The number of carbonyl (C=O) groups is 1. The fraction of sp³-hybridized carbons (Fsp3) is 0.417. The molecule has 0 aromatic heterocycles. The molecule has 1 aromatic rings. The summed E-state index contributed by atoms with van der Waals surface area (Å²) in [5, 5.41) is 17.7. The number of methoxy groups -OCH3 is 1. The fourth-order valence-corrected chi connectivity index (χ4v) is 1.55. The van der Waals surface area contributed by atoms with Gasteiger partial charge in [-0.1, -0.05) is 6.07 Å². The molecule has 0 heterocycles. The number of aliphatic hydroxyl groups excluding tert-OH is 1. The van der Waals surface area contributed by atoms with Gasteiger partial charge in [-0.3, -0.25) is 0 Å². The Kier molecular flexibility index (Phi) is 4.93. The molecule has 5 nitrogen and oxygen atoms in total. The van der Waals surface area contributed by atoms with E-state index in [0.717, 1.165) is 5.56 Å². The van der Waals surface area contributed by atoms with Gasteiger partial charge in [-0.15, -0.1) is 0 Å². The van der Waals surface area contributed by atoms with Crippen LogP contribution in [0.2, 0.25) is 0 Å². The molecule has 0 spiro atoms. The molecule has 0 aliphatic heterocycles. The maximum atomic E-state index is 11.0. The third-order valence-electron chi connectivity index (χ3n) is 2.32. The summed E-state index contributed by atoms with van der Waals surface area (Å²) in [5.74, 6) is -0.386. The lowest BCUT2D eigenvalue weighted by Gasteiger charge is -2.15. The Morgan fingerprint density at radius 2 is 2.18 bits per heavy atom. The summed E-state index contributed by atoms with van der Waals surface area (Å²) < 4.78 is 10.2. The lowest BCUT2D eigenvalue weighted by atomic mass is 10.1. The Balaban J connectivity index is 2.94. The van der Waals surface area contributed by atoms with Gasteiger partial charge in [-0.25, -0.2) is 4.79 Å². The fourth-order valence-electron chi connectivity index (χ4n) is 1.55. The number of ether oxygens (including phenoxy) is 2. The minimum atomic E-state index is -1.08. The first-order chi connectivity index (χ1) is 8.10. The predicted octanol–water partition coefficient (Wildman–Crippen LogP) is 1.14. The molecule has 1 aromatic carbocycles. The van der Waals surface area contributed by atoms with E-state index < -0.39 is 12.1 Å². The number of hydrogen-bond donors (Lipinski definition) is 2. The Hall–Kier alpha value is -1.59. The van der Waals surface area contributed by atoms with Crippen molar-refractivity contribution in [2.24, 2.45) is 0 Å². The smallest absolute Gasteiger partial charge is 0.337 e. The molecule has 5 heteroatoms. The molecule has 1 rings (SSSR count). The van der Waals surface area contributed by atoms with Crippen LogP contribution in [0.25, 0.3) is 0 Å². The van der Waals surface area contributed by atoms with E-state index in [1.165, 1.54) is 0 Å². The first-order valence-corrected chi connectivity index (χ1v) is 5.20. The molecule has 0 saturated carbocycles. The SMILES string of the molecule is COc1ccc(C(OCCO)C(=O)O)cc1C. The van der Waals surface area contributed by atoms with Crippen LogP contribution in [0.1, 0.15) is 17.2 Å². The number of aliphatic carboxylic acids is 1. The highest BCUT2D eigenvalue weighted by Crippen LogP contribution is 2.24. The van der Waals surface area contributed by atoms with Crippen LogP contribution in [0.15, 0.2) is 18.2 Å². The standard InChI is InChI=1S/C12H16O5/c1-8-7-9(3-4-10(8)16-2)11(12(14)15)17-6-5-13/h3-4,7,11,13H,5-6H2,1-2H3,(H,14,15). The van der Waals surface area contributed by atoms with Gasteiger partial charge in [0, 0.05) is 0 Å². The summed E-state index contributed by atoms with van der Waals surface area (Å²) in [4.78, 5) is 11.0. The Labute approximate surface area is 99.6 Å². The summed E-state index contributed by atoms with van der Waals surface area (Å²) in [5.41, 5.74) is 1.37. The molecule has 0 radical (unpaired) electrons. The van der Waals surface area contributed by atoms with Gasteiger partial charge in [0.2, 0.25) is 0 Å². The van der Waals surface area contributed by atoms with E-state index in [2.05, 4.69) is 0 Å². The Morgan fingerprint density at radius 3 is 2.65 bits per heavy atom. The lowest BCUT2D eigenvalue weighted by Crippen LogP contribution is -2.17. The number of hydrogen-bond acceptors (Lipinski definition) is 4. The van der Waals surface area contributed by atoms with Gasteiger partial charge in [-0.05, 0) is 30.2 Å². The minimum absolute atomic E-state index is 0.0119. The summed E-state index contributed by atoms with van der Waals surface area (Å²) in [6.45, 7) is 1.61. The first kappa shape index (κ1) is 13.5. The zero-order valence-corrected chi connectivity index (χ0v) is 9.84. The van der Waals surface area contributed by atoms with Crippen LogP contribution in [0.4, 0.5) is 0 Å². The van der Waals surface area contributed by atoms with Crippen LogP contribution in [-0.2, 0) is 9.53 Å². The topological polar surface area (TPSA) is 76.0 Å². The second-order valence-electron chi connectivity index (χ2n) is 3.54. The largest absolute Gasteiger partial charge is 0.496 e. The van der Waals surface area contributed by atoms with Gasteiger partial charge < -0.3 is 19.7 Å². The van der Waals surface area contributed by atoms with Crippen molar-refractivity contribution in [3.05, 3.63) is 29.3 Å². The number of aliphatic hydroxyl groups is 1. The van der Waals surface area contributed by atoms with Crippen LogP contribution in [0.3, 0.4) is 0 Å². The van der Waals surface area contributed by atoms with Gasteiger partial charge in [0.05, 0.1) is 20.3 Å². The minimum Gasteiger partial charge on any atom is -0.496 e. The zero-order valence-electron chi connectivity index (χ0n) is 9.84. The van der Waals surface area contributed by atoms with Crippen molar-refractivity contribution in [1.82, 2.24) is 0 Å². The molecule has 0 aliphatic carbocycles. The van der Waals surface area contributed by atoms with E-state index in [4.69, 9.17) is 19.7 Å². The molecule has 17 heavy (non-hydrogen) atoms. The maximum Gasteiger partial charge on any atom is 0.337 e. The zero-order chi connectivity index (χ0) is 12.8. The van der Waals surface area contributed by atoms with Gasteiger partial charge in [0.1, 0.15) is 5.75 Å². The molecular weight excluding hydrogens is 224 g/mol. The number of rotatable bonds is 6. The van der Waals surface area contributed by atoms with E-state index in [1.54, 1.807) is 25.3 Å². The number of carboxylic acid groups (broad SMARTS) is 1. The molecule has 0 bridgehead atoms. The van der Waals surface area contributed by atoms with Gasteiger partial charge in [0.25, 0.3) is 0 Å². The quantitative estimate of drug-likeness (QED) is 0.779. The number of benzene rings is 1. The van der Waals surface area contributed by atoms with E-state index in [0.29, 0.717) is 11.3 Å². The van der Waals surface area contributed by atoms with Crippen LogP contribution in [0.5, 0.6) is 5.75 Å². The van der Waals surface area contributed by atoms with Crippen LogP contribution in [-0.4, -0.2) is 36.5 Å². The van der Waals surface area contributed by atoms with Crippen LogP contribution < -0.4 is 4.74 Å². The van der Waals surface area contributed by atoms with E-state index in [9.17, 15) is 4.79 Å². The van der Waals surface area contributed by atoms with Crippen molar-refractivity contribution in [3.63, 3.8) is 0 Å². The third kappa shape index (κ3) is 3.44. The predicted molar refractivity (Wildman–Crippen MR) is 61.1 cm³/mol. The number of aryl methyl sites for hydroxylation is 1. The normalized spacial score (nSPS) is 12.2. The van der Waals surface area contributed by atoms with Crippen molar-refractivity contribution in [2.45, 2.75) is 13.0 Å². The highest BCUT2D eigenvalue weighted by Gasteiger charge is 2.20. The average molecular weight is 240 g/mol. The lowest BCUT2D eigenvalue weighted by molar-refractivity contribution is -0.151. The van der Waals surface area contributed by atoms with Crippen LogP contribution in [0, 0.1) is 6.92 Å². The molecule has 0 saturated heterocycles. The van der Waals surface area contributed by atoms with E-state index >= 15 is 0 Å². The Morgan fingerprint density at radius 1 is 1.47 bits per heavy atom. The Bertz CT molecular complexity index is 388. The van der Waals surface area contributed by atoms with Gasteiger partial charge in [-0.2, -0.15) is 0 Å². The first-order valence-electron chi connectivity index (χ1n) is 5.20. The number of carboxylic acids is 1. The summed E-state index contributed by atoms with van der Waals surface area (Å²) >= 11 is 0. The monoisotopic (exact) mass is 240 g/mol. The van der Waals surface area contributed by atoms with E-state index in [1.807, 2.05) is 6.92 Å². The second-order valence-corrected chi connectivity index (χ2v) is 3.54. The van der Waals surface area contributed by atoms with Crippen LogP contribution >= 0.6 is 0 Å². The highest BCUT2D eigenvalue weighted by molar-refractivity contribution is 5.74. The molecule has 1 unspecified atom stereocenters. The van der Waals surface area contributed by atoms with Crippen molar-refractivity contribution in [2.75, 3.05) is 20.3 Å². The maximum absolute atomic E-state index is 11.0. The van der Waals surface area contributed by atoms with Gasteiger partial charge >= 0.3 is 5.97 Å². The molecule has 0 aliphatic rings. The van der Waals surface area contributed by atoms with Crippen molar-refractivity contribution < 1.29 is 24.5 Å². The van der Waals surface area contributed by atoms with Crippen molar-refractivity contribution in [3.8, 4) is 5.75 Å². The van der Waals surface area contributed by atoms with E-state index in [-0.39, 0.29) is 13.2 Å². The summed E-state index contributed by atoms with van der Waals surface area (Å²) in [6, 6.07) is 5.04. The second kappa shape index (κ2) is 6.22. The van der Waals surface area contributed by atoms with Crippen molar-refractivity contribution in [1.29, 1.82) is 0 Å². The molecular formula is C12H16O5. The molecule has 1 atom stereocenters. The molecule has 0 fully saturated rings. The average Bonchev–Trinajstić information content (AvgIpc) is 2.29. The summed E-state index contributed by atoms with van der Waals surface area (Å²) in [7, 11) is 1.55. The molecule has 0 amide bonds. The highest BCUT2D eigenvalue weighted by atomic mass is 16.5. The van der Waals surface area contributed by atoms with Crippen molar-refractivity contribution >= 4 is 5.97 Å².